The Labute approximate surface area is 276 Å². The zero-order chi connectivity index (χ0) is 32.4. The van der Waals surface area contributed by atoms with Crippen molar-refractivity contribution in [3.8, 4) is 6.07 Å². The van der Waals surface area contributed by atoms with Gasteiger partial charge in [-0.1, -0.05) is 103 Å². The van der Waals surface area contributed by atoms with Crippen LogP contribution in [0.4, 0.5) is 27.1 Å². The van der Waals surface area contributed by atoms with Crippen molar-refractivity contribution in [1.29, 1.82) is 5.26 Å². The highest BCUT2D eigenvalue weighted by molar-refractivity contribution is 7.19. The molecule has 0 saturated carbocycles. The van der Waals surface area contributed by atoms with Crippen LogP contribution in [0.2, 0.25) is 0 Å². The van der Waals surface area contributed by atoms with Gasteiger partial charge in [-0.2, -0.15) is 5.26 Å². The molecule has 0 bridgehead atoms. The molecule has 0 amide bonds. The monoisotopic (exact) mass is 626 g/mol. The molecular formula is C38H54N6S. The van der Waals surface area contributed by atoms with Crippen LogP contribution >= 0.6 is 11.3 Å². The summed E-state index contributed by atoms with van der Waals surface area (Å²) >= 11 is 1.35. The second-order valence-corrected chi connectivity index (χ2v) is 13.2. The summed E-state index contributed by atoms with van der Waals surface area (Å²) < 4.78 is 0. The molecular weight excluding hydrogens is 573 g/mol. The molecule has 7 heteroatoms. The van der Waals surface area contributed by atoms with E-state index in [9.17, 15) is 5.26 Å². The fourth-order valence-electron chi connectivity index (χ4n) is 5.57. The van der Waals surface area contributed by atoms with E-state index in [1.807, 2.05) is 31.2 Å². The molecule has 0 aliphatic heterocycles. The SMILES string of the molecule is CCCCc1ccc(N=Nc2sc(N=Nc3ccc(N(CC(CC)CCCC)CC(CC)CCCC)cc3)c(C#N)c2C)cc1. The van der Waals surface area contributed by atoms with Crippen LogP contribution in [0.3, 0.4) is 0 Å². The van der Waals surface area contributed by atoms with Crippen molar-refractivity contribution >= 4 is 38.4 Å². The highest BCUT2D eigenvalue weighted by atomic mass is 32.1. The van der Waals surface area contributed by atoms with E-state index in [-0.39, 0.29) is 0 Å². The Bertz CT molecular complexity index is 1350. The predicted octanol–water partition coefficient (Wildman–Crippen LogP) is 13.3. The fraction of sp³-hybridized carbons (Fsp3) is 0.553. The number of benzene rings is 2. The van der Waals surface area contributed by atoms with Crippen LogP contribution in [-0.4, -0.2) is 13.1 Å². The van der Waals surface area contributed by atoms with E-state index in [0.717, 1.165) is 36.4 Å². The quantitative estimate of drug-likeness (QED) is 0.117. The number of nitrogens with zero attached hydrogens (tertiary/aromatic N) is 6. The van der Waals surface area contributed by atoms with Gasteiger partial charge in [-0.3, -0.25) is 0 Å². The summed E-state index contributed by atoms with van der Waals surface area (Å²) in [4.78, 5) is 2.61. The Morgan fingerprint density at radius 1 is 0.689 bits per heavy atom. The standard InChI is InChI=1S/C38H54N6S/c1-7-12-15-30(10-4)27-44(28-31(11-5)16-13-8-2)35-24-22-34(23-25-35)41-43-38-36(26-39)29(6)37(45-38)42-40-33-20-18-32(19-21-33)17-14-9-3/h18-25,30-31H,7-17,27-28H2,1-6H3. The summed E-state index contributed by atoms with van der Waals surface area (Å²) in [6.07, 6.45) is 13.5. The van der Waals surface area contributed by atoms with Gasteiger partial charge >= 0.3 is 0 Å². The van der Waals surface area contributed by atoms with Crippen LogP contribution in [0, 0.1) is 30.1 Å². The summed E-state index contributed by atoms with van der Waals surface area (Å²) in [7, 11) is 0. The average molecular weight is 627 g/mol. The molecule has 3 aromatic rings. The van der Waals surface area contributed by atoms with Gasteiger partial charge in [-0.15, -0.1) is 20.5 Å². The molecule has 0 N–H and O–H groups in total. The number of hydrogen-bond acceptors (Lipinski definition) is 7. The van der Waals surface area contributed by atoms with E-state index in [4.69, 9.17) is 0 Å². The number of hydrogen-bond donors (Lipinski definition) is 0. The van der Waals surface area contributed by atoms with Crippen molar-refractivity contribution < 1.29 is 0 Å². The normalized spacial score (nSPS) is 13.0. The van der Waals surface area contributed by atoms with Crippen molar-refractivity contribution in [2.75, 3.05) is 18.0 Å². The van der Waals surface area contributed by atoms with Crippen molar-refractivity contribution in [3.63, 3.8) is 0 Å². The molecule has 3 rings (SSSR count). The van der Waals surface area contributed by atoms with Gasteiger partial charge in [-0.05, 0) is 86.4 Å². The van der Waals surface area contributed by atoms with Gasteiger partial charge in [0.2, 0.25) is 0 Å². The summed E-state index contributed by atoms with van der Waals surface area (Å²) in [6, 6.07) is 19.0. The van der Waals surface area contributed by atoms with Gasteiger partial charge < -0.3 is 4.90 Å². The Kier molecular flexibility index (Phi) is 16.0. The van der Waals surface area contributed by atoms with Crippen molar-refractivity contribution in [2.24, 2.45) is 32.3 Å². The van der Waals surface area contributed by atoms with E-state index in [1.165, 1.54) is 86.8 Å². The maximum atomic E-state index is 9.86. The van der Waals surface area contributed by atoms with Gasteiger partial charge in [0.25, 0.3) is 0 Å². The number of nitriles is 1. The minimum absolute atomic E-state index is 0.505. The Hall–Kier alpha value is -3.37. The number of aryl methyl sites for hydroxylation is 1. The Morgan fingerprint density at radius 3 is 1.69 bits per heavy atom. The van der Waals surface area contributed by atoms with Crippen molar-refractivity contribution in [3.05, 3.63) is 65.2 Å². The van der Waals surface area contributed by atoms with Gasteiger partial charge in [0.15, 0.2) is 5.00 Å². The molecule has 242 valence electrons. The van der Waals surface area contributed by atoms with E-state index >= 15 is 0 Å². The maximum Gasteiger partial charge on any atom is 0.159 e. The lowest BCUT2D eigenvalue weighted by molar-refractivity contribution is 0.403. The van der Waals surface area contributed by atoms with Crippen LogP contribution in [0.15, 0.2) is 69.0 Å². The smallest absolute Gasteiger partial charge is 0.159 e. The summed E-state index contributed by atoms with van der Waals surface area (Å²) in [5.74, 6) is 1.41. The number of azo groups is 2. The first-order valence-electron chi connectivity index (χ1n) is 17.3. The van der Waals surface area contributed by atoms with Crippen LogP contribution in [-0.2, 0) is 6.42 Å². The van der Waals surface area contributed by atoms with Gasteiger partial charge in [0.1, 0.15) is 11.1 Å². The molecule has 0 saturated heterocycles. The minimum Gasteiger partial charge on any atom is -0.371 e. The predicted molar refractivity (Wildman–Crippen MR) is 192 cm³/mol. The first-order chi connectivity index (χ1) is 22.0. The van der Waals surface area contributed by atoms with Gasteiger partial charge in [-0.25, -0.2) is 0 Å². The first kappa shape index (κ1) is 36.1. The zero-order valence-electron chi connectivity index (χ0n) is 28.6. The van der Waals surface area contributed by atoms with Crippen LogP contribution in [0.5, 0.6) is 0 Å². The maximum absolute atomic E-state index is 9.86. The number of anilines is 1. The van der Waals surface area contributed by atoms with Gasteiger partial charge in [0.05, 0.1) is 16.9 Å². The molecule has 2 unspecified atom stereocenters. The zero-order valence-corrected chi connectivity index (χ0v) is 29.4. The molecule has 45 heavy (non-hydrogen) atoms. The lowest BCUT2D eigenvalue weighted by Crippen LogP contribution is -2.34. The third-order valence-electron chi connectivity index (χ3n) is 8.74. The molecule has 2 atom stereocenters. The second kappa shape index (κ2) is 19.9. The van der Waals surface area contributed by atoms with Crippen molar-refractivity contribution in [2.45, 2.75) is 112 Å². The number of unbranched alkanes of at least 4 members (excludes halogenated alkanes) is 3. The highest BCUT2D eigenvalue weighted by Crippen LogP contribution is 2.42. The lowest BCUT2D eigenvalue weighted by Gasteiger charge is -2.32. The minimum atomic E-state index is 0.505. The van der Waals surface area contributed by atoms with E-state index < -0.39 is 0 Å². The molecule has 0 fully saturated rings. The second-order valence-electron chi connectivity index (χ2n) is 12.2. The molecule has 0 spiro atoms. The third-order valence-corrected chi connectivity index (χ3v) is 9.80. The summed E-state index contributed by atoms with van der Waals surface area (Å²) in [6.45, 7) is 15.5. The summed E-state index contributed by atoms with van der Waals surface area (Å²) in [5.41, 5.74) is 5.43. The Morgan fingerprint density at radius 2 is 1.20 bits per heavy atom. The van der Waals surface area contributed by atoms with E-state index in [0.29, 0.717) is 27.4 Å². The largest absolute Gasteiger partial charge is 0.371 e. The highest BCUT2D eigenvalue weighted by Gasteiger charge is 2.18. The summed E-state index contributed by atoms with van der Waals surface area (Å²) in [5, 5.41) is 29.0. The van der Waals surface area contributed by atoms with Crippen molar-refractivity contribution in [1.82, 2.24) is 0 Å². The fourth-order valence-corrected chi connectivity index (χ4v) is 6.48. The number of thiophene rings is 1. The first-order valence-corrected chi connectivity index (χ1v) is 18.1. The molecule has 1 aromatic heterocycles. The van der Waals surface area contributed by atoms with Crippen LogP contribution < -0.4 is 4.90 Å². The molecule has 0 aliphatic carbocycles. The number of rotatable bonds is 20. The van der Waals surface area contributed by atoms with Crippen LogP contribution in [0.1, 0.15) is 116 Å². The Balaban J connectivity index is 1.76. The van der Waals surface area contributed by atoms with Gasteiger partial charge in [0, 0.05) is 24.3 Å². The molecule has 2 aromatic carbocycles. The average Bonchev–Trinajstić information content (AvgIpc) is 3.38. The molecule has 0 radical (unpaired) electrons. The van der Waals surface area contributed by atoms with E-state index in [2.05, 4.69) is 90.3 Å². The topological polar surface area (TPSA) is 76.5 Å². The molecule has 6 nitrogen and oxygen atoms in total. The lowest BCUT2D eigenvalue weighted by atomic mass is 9.95. The molecule has 0 aliphatic rings. The third kappa shape index (κ3) is 11.5. The van der Waals surface area contributed by atoms with E-state index in [1.54, 1.807) is 0 Å². The molecule has 1 heterocycles. The van der Waals surface area contributed by atoms with Crippen LogP contribution in [0.25, 0.3) is 0 Å².